The molecule has 0 saturated heterocycles. The summed E-state index contributed by atoms with van der Waals surface area (Å²) in [4.78, 5) is 17.4. The van der Waals surface area contributed by atoms with Crippen LogP contribution in [0.2, 0.25) is 0 Å². The number of rotatable bonds is 5. The van der Waals surface area contributed by atoms with Crippen molar-refractivity contribution in [2.24, 2.45) is 0 Å². The average Bonchev–Trinajstić information content (AvgIpc) is 3.36. The van der Waals surface area contributed by atoms with Gasteiger partial charge in [-0.05, 0) is 51.8 Å². The molecule has 0 bridgehead atoms. The van der Waals surface area contributed by atoms with Crippen LogP contribution in [0, 0.1) is 19.3 Å². The van der Waals surface area contributed by atoms with Crippen molar-refractivity contribution in [1.82, 2.24) is 19.9 Å². The summed E-state index contributed by atoms with van der Waals surface area (Å²) in [7, 11) is 0. The number of fused-ring (bicyclic) bond motifs is 1. The Bertz CT molecular complexity index is 1100. The summed E-state index contributed by atoms with van der Waals surface area (Å²) in [5, 5.41) is 7.14. The number of hydrogen-bond donors (Lipinski definition) is 1. The number of carbonyl (C=O) groups excluding carboxylic acids is 1. The number of nitrogens with one attached hydrogen (secondary N) is 1. The highest BCUT2D eigenvalue weighted by Crippen LogP contribution is 2.30. The molecule has 1 aliphatic rings. The van der Waals surface area contributed by atoms with Gasteiger partial charge in [-0.1, -0.05) is 18.1 Å². The van der Waals surface area contributed by atoms with Gasteiger partial charge < -0.3 is 10.1 Å². The maximum atomic E-state index is 12.7. The monoisotopic (exact) mass is 374 g/mol. The van der Waals surface area contributed by atoms with Gasteiger partial charge in [-0.25, -0.2) is 9.50 Å². The van der Waals surface area contributed by atoms with E-state index in [1.807, 2.05) is 37.3 Å². The summed E-state index contributed by atoms with van der Waals surface area (Å²) in [5.41, 5.74) is 2.69. The zero-order chi connectivity index (χ0) is 19.9. The summed E-state index contributed by atoms with van der Waals surface area (Å²) < 4.78 is 7.55. The Morgan fingerprint density at radius 2 is 2.14 bits per heavy atom. The second kappa shape index (κ2) is 6.68. The molecule has 6 heteroatoms. The first-order valence-electron chi connectivity index (χ1n) is 9.29. The number of hydrogen-bond acceptors (Lipinski definition) is 4. The standard InChI is InChI=1S/C22H22N4O2/c1-5-22(3,4)25-21(27)18-13-23-26-14(2)11-19(24-20(18)26)15-7-6-8-17(12-15)28-16-9-10-16/h1,6-8,11-13,16H,9-10H2,2-4H3,(H,25,27). The van der Waals surface area contributed by atoms with Crippen molar-refractivity contribution < 1.29 is 9.53 Å². The molecule has 1 fully saturated rings. The van der Waals surface area contributed by atoms with E-state index in [1.54, 1.807) is 18.4 Å². The van der Waals surface area contributed by atoms with Gasteiger partial charge in [0.15, 0.2) is 5.65 Å². The van der Waals surface area contributed by atoms with Gasteiger partial charge in [-0.15, -0.1) is 6.42 Å². The third kappa shape index (κ3) is 3.56. The van der Waals surface area contributed by atoms with E-state index in [9.17, 15) is 4.79 Å². The highest BCUT2D eigenvalue weighted by atomic mass is 16.5. The second-order valence-electron chi connectivity index (χ2n) is 7.64. The van der Waals surface area contributed by atoms with Crippen LogP contribution in [-0.2, 0) is 0 Å². The van der Waals surface area contributed by atoms with Gasteiger partial charge in [0.1, 0.15) is 11.3 Å². The predicted octanol–water partition coefficient (Wildman–Crippen LogP) is 3.39. The van der Waals surface area contributed by atoms with Gasteiger partial charge in [-0.2, -0.15) is 5.10 Å². The molecule has 28 heavy (non-hydrogen) atoms. The van der Waals surface area contributed by atoms with Gasteiger partial charge in [-0.3, -0.25) is 4.79 Å². The Labute approximate surface area is 163 Å². The van der Waals surface area contributed by atoms with Crippen LogP contribution >= 0.6 is 0 Å². The third-order valence-corrected chi connectivity index (χ3v) is 4.64. The second-order valence-corrected chi connectivity index (χ2v) is 7.64. The van der Waals surface area contributed by atoms with E-state index in [0.29, 0.717) is 17.3 Å². The topological polar surface area (TPSA) is 68.5 Å². The predicted molar refractivity (Wildman–Crippen MR) is 107 cm³/mol. The lowest BCUT2D eigenvalue weighted by molar-refractivity contribution is 0.0931. The SMILES string of the molecule is C#CC(C)(C)NC(=O)c1cnn2c(C)cc(-c3cccc(OC4CC4)c3)nc12. The van der Waals surface area contributed by atoms with E-state index in [2.05, 4.69) is 16.3 Å². The van der Waals surface area contributed by atoms with Gasteiger partial charge in [0, 0.05) is 11.3 Å². The first-order valence-corrected chi connectivity index (χ1v) is 9.29. The molecule has 0 spiro atoms. The lowest BCUT2D eigenvalue weighted by Crippen LogP contribution is -2.42. The number of terminal acetylenes is 1. The van der Waals surface area contributed by atoms with Crippen molar-refractivity contribution in [3.8, 4) is 29.4 Å². The van der Waals surface area contributed by atoms with Crippen molar-refractivity contribution in [2.45, 2.75) is 45.3 Å². The van der Waals surface area contributed by atoms with E-state index >= 15 is 0 Å². The fraction of sp³-hybridized carbons (Fsp3) is 0.318. The molecule has 1 saturated carbocycles. The Morgan fingerprint density at radius 3 is 2.86 bits per heavy atom. The number of aryl methyl sites for hydroxylation is 1. The highest BCUT2D eigenvalue weighted by Gasteiger charge is 2.24. The fourth-order valence-corrected chi connectivity index (χ4v) is 2.92. The largest absolute Gasteiger partial charge is 0.490 e. The molecule has 142 valence electrons. The zero-order valence-corrected chi connectivity index (χ0v) is 16.2. The number of nitrogens with zero attached hydrogens (tertiary/aromatic N) is 3. The molecule has 1 aromatic carbocycles. The van der Waals surface area contributed by atoms with Crippen LogP contribution < -0.4 is 10.1 Å². The van der Waals surface area contributed by atoms with E-state index < -0.39 is 5.54 Å². The van der Waals surface area contributed by atoms with Crippen LogP contribution in [0.25, 0.3) is 16.9 Å². The first-order chi connectivity index (χ1) is 13.4. The van der Waals surface area contributed by atoms with E-state index in [0.717, 1.165) is 35.5 Å². The molecule has 1 aliphatic carbocycles. The molecule has 1 N–H and O–H groups in total. The number of ether oxygens (including phenoxy) is 1. The quantitative estimate of drug-likeness (QED) is 0.695. The summed E-state index contributed by atoms with van der Waals surface area (Å²) in [5.74, 6) is 3.10. The van der Waals surface area contributed by atoms with Crippen molar-refractivity contribution >= 4 is 11.6 Å². The Hall–Kier alpha value is -3.33. The minimum absolute atomic E-state index is 0.298. The minimum atomic E-state index is -0.757. The first kappa shape index (κ1) is 18.1. The lowest BCUT2D eigenvalue weighted by Gasteiger charge is -2.18. The summed E-state index contributed by atoms with van der Waals surface area (Å²) >= 11 is 0. The average molecular weight is 374 g/mol. The minimum Gasteiger partial charge on any atom is -0.490 e. The van der Waals surface area contributed by atoms with Gasteiger partial charge in [0.2, 0.25) is 0 Å². The molecule has 0 radical (unpaired) electrons. The summed E-state index contributed by atoms with van der Waals surface area (Å²) in [6.45, 7) is 5.47. The molecule has 2 aromatic heterocycles. The van der Waals surface area contributed by atoms with Gasteiger partial charge >= 0.3 is 0 Å². The molecule has 4 rings (SSSR count). The van der Waals surface area contributed by atoms with E-state index in [-0.39, 0.29) is 5.91 Å². The van der Waals surface area contributed by atoms with Crippen molar-refractivity contribution in [2.75, 3.05) is 0 Å². The normalized spacial score (nSPS) is 13.9. The van der Waals surface area contributed by atoms with Crippen molar-refractivity contribution in [3.63, 3.8) is 0 Å². The Morgan fingerprint density at radius 1 is 1.36 bits per heavy atom. The van der Waals surface area contributed by atoms with Crippen LogP contribution in [0.5, 0.6) is 5.75 Å². The number of carbonyl (C=O) groups is 1. The fourth-order valence-electron chi connectivity index (χ4n) is 2.92. The number of benzene rings is 1. The summed E-state index contributed by atoms with van der Waals surface area (Å²) in [6, 6.07) is 9.81. The molecular formula is C22H22N4O2. The van der Waals surface area contributed by atoms with Crippen LogP contribution in [0.15, 0.2) is 36.5 Å². The molecular weight excluding hydrogens is 352 g/mol. The van der Waals surface area contributed by atoms with E-state index in [4.69, 9.17) is 16.1 Å². The molecule has 6 nitrogen and oxygen atoms in total. The maximum Gasteiger partial charge on any atom is 0.257 e. The molecule has 3 aromatic rings. The van der Waals surface area contributed by atoms with Crippen molar-refractivity contribution in [3.05, 3.63) is 47.8 Å². The molecule has 0 atom stereocenters. The Kier molecular flexibility index (Phi) is 4.31. The van der Waals surface area contributed by atoms with Crippen LogP contribution in [0.3, 0.4) is 0 Å². The maximum absolute atomic E-state index is 12.7. The number of aromatic nitrogens is 3. The third-order valence-electron chi connectivity index (χ3n) is 4.64. The molecule has 1 amide bonds. The van der Waals surface area contributed by atoms with E-state index in [1.165, 1.54) is 6.20 Å². The van der Waals surface area contributed by atoms with Gasteiger partial charge in [0.25, 0.3) is 5.91 Å². The van der Waals surface area contributed by atoms with Crippen molar-refractivity contribution in [1.29, 1.82) is 0 Å². The van der Waals surface area contributed by atoms with Crippen LogP contribution in [0.4, 0.5) is 0 Å². The highest BCUT2D eigenvalue weighted by molar-refractivity contribution is 6.00. The Balaban J connectivity index is 1.73. The van der Waals surface area contributed by atoms with Crippen LogP contribution in [0.1, 0.15) is 42.7 Å². The van der Waals surface area contributed by atoms with Crippen LogP contribution in [-0.4, -0.2) is 32.1 Å². The molecule has 2 heterocycles. The smallest absolute Gasteiger partial charge is 0.257 e. The zero-order valence-electron chi connectivity index (χ0n) is 16.2. The number of amides is 1. The van der Waals surface area contributed by atoms with Gasteiger partial charge in [0.05, 0.1) is 23.5 Å². The summed E-state index contributed by atoms with van der Waals surface area (Å²) in [6.07, 6.45) is 9.55. The lowest BCUT2D eigenvalue weighted by atomic mass is 10.1. The molecule has 0 aliphatic heterocycles. The molecule has 0 unspecified atom stereocenters.